The third-order valence-electron chi connectivity index (χ3n) is 2.81. The fraction of sp³-hybridized carbons (Fsp3) is 0.0667. The summed E-state index contributed by atoms with van der Waals surface area (Å²) in [7, 11) is 0. The predicted molar refractivity (Wildman–Crippen MR) is 78.8 cm³/mol. The van der Waals surface area contributed by atoms with Crippen molar-refractivity contribution >= 4 is 17.9 Å². The highest BCUT2D eigenvalue weighted by Crippen LogP contribution is 2.31. The predicted octanol–water partition coefficient (Wildman–Crippen LogP) is 2.57. The van der Waals surface area contributed by atoms with Gasteiger partial charge in [0.05, 0.1) is 6.21 Å². The molecule has 2 N–H and O–H groups in total. The molecule has 0 bridgehead atoms. The zero-order valence-electron chi connectivity index (χ0n) is 11.1. The van der Waals surface area contributed by atoms with E-state index in [1.54, 1.807) is 24.3 Å². The van der Waals surface area contributed by atoms with Crippen molar-refractivity contribution < 1.29 is 14.3 Å². The van der Waals surface area contributed by atoms with Crippen LogP contribution in [0, 0.1) is 0 Å². The van der Waals surface area contributed by atoms with E-state index in [2.05, 4.69) is 15.8 Å². The van der Waals surface area contributed by atoms with Gasteiger partial charge in [0.1, 0.15) is 0 Å². The average Bonchev–Trinajstić information content (AvgIpc) is 2.96. The normalized spacial score (nSPS) is 12.4. The summed E-state index contributed by atoms with van der Waals surface area (Å²) in [6.07, 6.45) is 1.53. The molecule has 21 heavy (non-hydrogen) atoms. The van der Waals surface area contributed by atoms with Crippen LogP contribution in [0.3, 0.4) is 0 Å². The van der Waals surface area contributed by atoms with Gasteiger partial charge in [-0.2, -0.15) is 5.10 Å². The van der Waals surface area contributed by atoms with Gasteiger partial charge in [0.2, 0.25) is 6.79 Å². The largest absolute Gasteiger partial charge is 0.454 e. The number of carbonyl (C=O) groups excluding carboxylic acids is 1. The first-order valence-electron chi connectivity index (χ1n) is 6.36. The lowest BCUT2D eigenvalue weighted by Gasteiger charge is -2.03. The number of urea groups is 1. The molecule has 6 heteroatoms. The van der Waals surface area contributed by atoms with Gasteiger partial charge in [0.15, 0.2) is 11.5 Å². The Morgan fingerprint density at radius 3 is 2.76 bits per heavy atom. The Morgan fingerprint density at radius 1 is 1.10 bits per heavy atom. The van der Waals surface area contributed by atoms with Crippen LogP contribution in [-0.2, 0) is 0 Å². The minimum atomic E-state index is -0.404. The van der Waals surface area contributed by atoms with Gasteiger partial charge in [-0.15, -0.1) is 0 Å². The van der Waals surface area contributed by atoms with Crippen molar-refractivity contribution in [2.24, 2.45) is 5.10 Å². The Hall–Kier alpha value is -3.02. The van der Waals surface area contributed by atoms with E-state index < -0.39 is 6.03 Å². The number of hydrazone groups is 1. The molecule has 0 atom stereocenters. The molecule has 2 aromatic carbocycles. The number of carbonyl (C=O) groups is 1. The van der Waals surface area contributed by atoms with Crippen LogP contribution < -0.4 is 20.2 Å². The van der Waals surface area contributed by atoms with E-state index in [0.29, 0.717) is 17.2 Å². The molecule has 0 unspecified atom stereocenters. The van der Waals surface area contributed by atoms with E-state index in [4.69, 9.17) is 9.47 Å². The van der Waals surface area contributed by atoms with Gasteiger partial charge in [-0.3, -0.25) is 0 Å². The number of hydrogen-bond acceptors (Lipinski definition) is 4. The molecule has 1 heterocycles. The first-order valence-corrected chi connectivity index (χ1v) is 6.36. The number of hydrogen-bond donors (Lipinski definition) is 2. The van der Waals surface area contributed by atoms with E-state index in [9.17, 15) is 4.79 Å². The number of nitrogens with zero attached hydrogens (tertiary/aromatic N) is 1. The molecule has 0 aromatic heterocycles. The van der Waals surface area contributed by atoms with Crippen molar-refractivity contribution in [3.8, 4) is 11.5 Å². The van der Waals surface area contributed by atoms with E-state index in [1.807, 2.05) is 24.3 Å². The highest BCUT2D eigenvalue weighted by Gasteiger charge is 2.12. The van der Waals surface area contributed by atoms with Crippen LogP contribution in [0.4, 0.5) is 10.5 Å². The first-order chi connectivity index (χ1) is 10.3. The molecule has 0 spiro atoms. The smallest absolute Gasteiger partial charge is 0.339 e. The molecule has 0 aliphatic carbocycles. The highest BCUT2D eigenvalue weighted by atomic mass is 16.7. The molecule has 3 rings (SSSR count). The van der Waals surface area contributed by atoms with Gasteiger partial charge in [0, 0.05) is 5.69 Å². The zero-order valence-corrected chi connectivity index (χ0v) is 11.1. The van der Waals surface area contributed by atoms with Crippen LogP contribution in [0.25, 0.3) is 0 Å². The van der Waals surface area contributed by atoms with Gasteiger partial charge in [-0.25, -0.2) is 10.2 Å². The molecular weight excluding hydrogens is 270 g/mol. The van der Waals surface area contributed by atoms with Crippen LogP contribution in [0.2, 0.25) is 0 Å². The third kappa shape index (κ3) is 3.30. The third-order valence-corrected chi connectivity index (χ3v) is 2.81. The quantitative estimate of drug-likeness (QED) is 0.671. The molecule has 0 radical (unpaired) electrons. The van der Waals surface area contributed by atoms with Crippen LogP contribution in [0.15, 0.2) is 53.6 Å². The monoisotopic (exact) mass is 283 g/mol. The summed E-state index contributed by atoms with van der Waals surface area (Å²) in [4.78, 5) is 11.6. The second-order valence-electron chi connectivity index (χ2n) is 4.30. The highest BCUT2D eigenvalue weighted by molar-refractivity contribution is 5.90. The SMILES string of the molecule is O=C(N/N=C/c1ccc2c(c1)OCO2)Nc1ccccc1. The average molecular weight is 283 g/mol. The maximum Gasteiger partial charge on any atom is 0.339 e. The van der Waals surface area contributed by atoms with E-state index in [1.165, 1.54) is 6.21 Å². The zero-order chi connectivity index (χ0) is 14.5. The molecular formula is C15H13N3O3. The lowest BCUT2D eigenvalue weighted by Crippen LogP contribution is -2.24. The molecule has 0 saturated carbocycles. The molecule has 6 nitrogen and oxygen atoms in total. The number of benzene rings is 2. The van der Waals surface area contributed by atoms with Crippen molar-refractivity contribution in [2.45, 2.75) is 0 Å². The molecule has 1 aliphatic rings. The van der Waals surface area contributed by atoms with Gasteiger partial charge in [0.25, 0.3) is 0 Å². The Kier molecular flexibility index (Phi) is 3.68. The summed E-state index contributed by atoms with van der Waals surface area (Å²) in [5.74, 6) is 1.38. The number of anilines is 1. The number of nitrogens with one attached hydrogen (secondary N) is 2. The summed E-state index contributed by atoms with van der Waals surface area (Å²) in [5, 5.41) is 6.54. The number of rotatable bonds is 3. The molecule has 2 amide bonds. The molecule has 2 aromatic rings. The van der Waals surface area contributed by atoms with Crippen LogP contribution in [-0.4, -0.2) is 19.0 Å². The second-order valence-corrected chi connectivity index (χ2v) is 4.30. The summed E-state index contributed by atoms with van der Waals surface area (Å²) < 4.78 is 10.5. The lowest BCUT2D eigenvalue weighted by atomic mass is 10.2. The maximum atomic E-state index is 11.6. The van der Waals surface area contributed by atoms with Crippen molar-refractivity contribution in [3.05, 3.63) is 54.1 Å². The maximum absolute atomic E-state index is 11.6. The van der Waals surface area contributed by atoms with Gasteiger partial charge in [-0.1, -0.05) is 18.2 Å². The fourth-order valence-electron chi connectivity index (χ4n) is 1.84. The Balaban J connectivity index is 1.56. The lowest BCUT2D eigenvalue weighted by molar-refractivity contribution is 0.174. The summed E-state index contributed by atoms with van der Waals surface area (Å²) in [6, 6.07) is 14.2. The number of ether oxygens (including phenoxy) is 2. The fourth-order valence-corrected chi connectivity index (χ4v) is 1.84. The molecule has 0 fully saturated rings. The number of para-hydroxylation sites is 1. The van der Waals surface area contributed by atoms with Crippen molar-refractivity contribution in [1.82, 2.24) is 5.43 Å². The van der Waals surface area contributed by atoms with Crippen LogP contribution in [0.5, 0.6) is 11.5 Å². The summed E-state index contributed by atoms with van der Waals surface area (Å²) >= 11 is 0. The molecule has 0 saturated heterocycles. The van der Waals surface area contributed by atoms with Crippen molar-refractivity contribution in [3.63, 3.8) is 0 Å². The molecule has 1 aliphatic heterocycles. The van der Waals surface area contributed by atoms with Crippen molar-refractivity contribution in [2.75, 3.05) is 12.1 Å². The topological polar surface area (TPSA) is 72.0 Å². The first kappa shape index (κ1) is 13.0. The minimum Gasteiger partial charge on any atom is -0.454 e. The van der Waals surface area contributed by atoms with Gasteiger partial charge >= 0.3 is 6.03 Å². The van der Waals surface area contributed by atoms with Crippen molar-refractivity contribution in [1.29, 1.82) is 0 Å². The Bertz CT molecular complexity index is 671. The number of fused-ring (bicyclic) bond motifs is 1. The minimum absolute atomic E-state index is 0.230. The Labute approximate surface area is 121 Å². The van der Waals surface area contributed by atoms with E-state index in [0.717, 1.165) is 5.56 Å². The van der Waals surface area contributed by atoms with Gasteiger partial charge < -0.3 is 14.8 Å². The van der Waals surface area contributed by atoms with E-state index in [-0.39, 0.29) is 6.79 Å². The summed E-state index contributed by atoms with van der Waals surface area (Å²) in [5.41, 5.74) is 3.90. The standard InChI is InChI=1S/C15H13N3O3/c19-15(17-12-4-2-1-3-5-12)18-16-9-11-6-7-13-14(8-11)21-10-20-13/h1-9H,10H2,(H2,17,18,19)/b16-9+. The summed E-state index contributed by atoms with van der Waals surface area (Å²) in [6.45, 7) is 0.230. The second kappa shape index (κ2) is 5.96. The molecule has 106 valence electrons. The van der Waals surface area contributed by atoms with Crippen LogP contribution >= 0.6 is 0 Å². The number of amides is 2. The van der Waals surface area contributed by atoms with Gasteiger partial charge in [-0.05, 0) is 35.9 Å². The van der Waals surface area contributed by atoms with Crippen LogP contribution in [0.1, 0.15) is 5.56 Å². The van der Waals surface area contributed by atoms with E-state index >= 15 is 0 Å². The Morgan fingerprint density at radius 2 is 1.90 bits per heavy atom.